The predicted octanol–water partition coefficient (Wildman–Crippen LogP) is 3.83. The van der Waals surface area contributed by atoms with E-state index in [2.05, 4.69) is 0 Å². The third-order valence-corrected chi connectivity index (χ3v) is 5.39. The highest BCUT2D eigenvalue weighted by molar-refractivity contribution is 7.99. The van der Waals surface area contributed by atoms with Crippen LogP contribution in [0, 0.1) is 6.92 Å². The van der Waals surface area contributed by atoms with Gasteiger partial charge in [0.15, 0.2) is 0 Å². The fourth-order valence-corrected chi connectivity index (χ4v) is 4.11. The third-order valence-electron chi connectivity index (χ3n) is 4.06. The van der Waals surface area contributed by atoms with E-state index in [0.29, 0.717) is 5.75 Å². The van der Waals surface area contributed by atoms with Crippen molar-refractivity contribution >= 4 is 23.8 Å². The van der Waals surface area contributed by atoms with Crippen molar-refractivity contribution in [2.24, 2.45) is 0 Å². The van der Waals surface area contributed by atoms with Crippen LogP contribution in [0.15, 0.2) is 54.6 Å². The lowest BCUT2D eigenvalue weighted by Gasteiger charge is -2.26. The van der Waals surface area contributed by atoms with Crippen LogP contribution in [0.5, 0.6) is 0 Å². The molecule has 1 fully saturated rings. The molecular weight excluding hydrogens is 338 g/mol. The number of carbonyl (C=O) groups is 2. The Kier molecular flexibility index (Phi) is 5.28. The van der Waals surface area contributed by atoms with Crippen molar-refractivity contribution in [1.29, 1.82) is 0 Å². The number of carboxylic acids is 1. The topological polar surface area (TPSA) is 66.8 Å². The number of amides is 1. The molecule has 1 aliphatic rings. The summed E-state index contributed by atoms with van der Waals surface area (Å²) in [4.78, 5) is 25.5. The van der Waals surface area contributed by atoms with Crippen LogP contribution in [-0.2, 0) is 16.1 Å². The first-order valence-electron chi connectivity index (χ1n) is 7.96. The predicted molar refractivity (Wildman–Crippen MR) is 96.3 cm³/mol. The Labute approximate surface area is 150 Å². The molecule has 0 bridgehead atoms. The molecule has 25 heavy (non-hydrogen) atoms. The number of carboxylic acid groups (broad SMARTS) is 1. The number of benzene rings is 2. The summed E-state index contributed by atoms with van der Waals surface area (Å²) in [6.45, 7) is 2.10. The first-order chi connectivity index (χ1) is 12.1. The maximum atomic E-state index is 12.6. The highest BCUT2D eigenvalue weighted by Gasteiger charge is 2.43. The zero-order valence-electron chi connectivity index (χ0n) is 13.8. The Morgan fingerprint density at radius 2 is 1.84 bits per heavy atom. The second-order valence-corrected chi connectivity index (χ2v) is 7.01. The van der Waals surface area contributed by atoms with Crippen molar-refractivity contribution in [1.82, 2.24) is 4.90 Å². The zero-order chi connectivity index (χ0) is 17.8. The maximum Gasteiger partial charge on any atom is 0.412 e. The largest absolute Gasteiger partial charge is 0.480 e. The highest BCUT2D eigenvalue weighted by atomic mass is 32.2. The van der Waals surface area contributed by atoms with Gasteiger partial charge in [-0.1, -0.05) is 60.2 Å². The van der Waals surface area contributed by atoms with Crippen molar-refractivity contribution in [3.63, 3.8) is 0 Å². The van der Waals surface area contributed by atoms with Gasteiger partial charge in [-0.05, 0) is 18.1 Å². The first kappa shape index (κ1) is 17.4. The number of carbonyl (C=O) groups excluding carboxylic acids is 1. The number of hydrogen-bond acceptors (Lipinski definition) is 4. The lowest BCUT2D eigenvalue weighted by Crippen LogP contribution is -2.43. The Morgan fingerprint density at radius 3 is 2.48 bits per heavy atom. The molecule has 2 unspecified atom stereocenters. The molecule has 130 valence electrons. The molecular formula is C19H19NO4S. The number of aryl methyl sites for hydroxylation is 1. The summed E-state index contributed by atoms with van der Waals surface area (Å²) >= 11 is 1.44. The van der Waals surface area contributed by atoms with Crippen molar-refractivity contribution in [2.45, 2.75) is 24.9 Å². The summed E-state index contributed by atoms with van der Waals surface area (Å²) in [6, 6.07) is 16.2. The third kappa shape index (κ3) is 3.96. The van der Waals surface area contributed by atoms with Crippen LogP contribution in [-0.4, -0.2) is 33.9 Å². The number of thioether (sulfide) groups is 1. The summed E-state index contributed by atoms with van der Waals surface area (Å²) in [5.74, 6) is -0.673. The Balaban J connectivity index is 1.78. The van der Waals surface area contributed by atoms with E-state index in [1.165, 1.54) is 16.7 Å². The highest BCUT2D eigenvalue weighted by Crippen LogP contribution is 2.41. The van der Waals surface area contributed by atoms with Crippen LogP contribution in [0.2, 0.25) is 0 Å². The standard InChI is InChI=1S/C19H19NO4S/c1-13-7-9-15(10-8-13)17-20(16(12-25-17)18(21)22)19(23)24-11-14-5-3-2-4-6-14/h2-10,16-17H,11-12H2,1H3,(H,21,22). The lowest BCUT2D eigenvalue weighted by atomic mass is 10.1. The van der Waals surface area contributed by atoms with E-state index in [9.17, 15) is 14.7 Å². The van der Waals surface area contributed by atoms with Gasteiger partial charge in [0.1, 0.15) is 18.0 Å². The van der Waals surface area contributed by atoms with E-state index in [1.54, 1.807) is 0 Å². The van der Waals surface area contributed by atoms with E-state index in [-0.39, 0.29) is 12.0 Å². The van der Waals surface area contributed by atoms with Gasteiger partial charge in [-0.25, -0.2) is 9.59 Å². The summed E-state index contributed by atoms with van der Waals surface area (Å²) in [6.07, 6.45) is -0.605. The van der Waals surface area contributed by atoms with Gasteiger partial charge in [0.25, 0.3) is 0 Å². The molecule has 6 heteroatoms. The fraction of sp³-hybridized carbons (Fsp3) is 0.263. The zero-order valence-corrected chi connectivity index (χ0v) is 14.6. The van der Waals surface area contributed by atoms with Gasteiger partial charge in [0.2, 0.25) is 0 Å². The number of ether oxygens (including phenoxy) is 1. The molecule has 1 amide bonds. The van der Waals surface area contributed by atoms with Gasteiger partial charge >= 0.3 is 12.1 Å². The molecule has 1 heterocycles. The minimum atomic E-state index is -1.02. The minimum Gasteiger partial charge on any atom is -0.480 e. The first-order valence-corrected chi connectivity index (χ1v) is 9.01. The van der Waals surface area contributed by atoms with E-state index in [0.717, 1.165) is 16.7 Å². The number of aliphatic carboxylic acids is 1. The molecule has 5 nitrogen and oxygen atoms in total. The molecule has 1 aliphatic heterocycles. The van der Waals surface area contributed by atoms with E-state index < -0.39 is 18.1 Å². The van der Waals surface area contributed by atoms with Crippen molar-refractivity contribution in [3.8, 4) is 0 Å². The van der Waals surface area contributed by atoms with Crippen molar-refractivity contribution in [2.75, 3.05) is 5.75 Å². The molecule has 0 spiro atoms. The smallest absolute Gasteiger partial charge is 0.412 e. The molecule has 0 radical (unpaired) electrons. The Bertz CT molecular complexity index is 748. The summed E-state index contributed by atoms with van der Waals surface area (Å²) in [5.41, 5.74) is 2.87. The van der Waals surface area contributed by atoms with Crippen LogP contribution in [0.4, 0.5) is 4.79 Å². The van der Waals surface area contributed by atoms with Crippen molar-refractivity contribution in [3.05, 3.63) is 71.3 Å². The average molecular weight is 357 g/mol. The van der Waals surface area contributed by atoms with Gasteiger partial charge in [-0.15, -0.1) is 11.8 Å². The Morgan fingerprint density at radius 1 is 1.16 bits per heavy atom. The molecule has 3 rings (SSSR count). The van der Waals surface area contributed by atoms with E-state index >= 15 is 0 Å². The lowest BCUT2D eigenvalue weighted by molar-refractivity contribution is -0.141. The quantitative estimate of drug-likeness (QED) is 0.901. The Hall–Kier alpha value is -2.47. The van der Waals surface area contributed by atoms with Crippen LogP contribution in [0.3, 0.4) is 0 Å². The molecule has 2 atom stereocenters. The van der Waals surface area contributed by atoms with Gasteiger partial charge in [-0.3, -0.25) is 4.90 Å². The number of rotatable bonds is 4. The normalized spacial score (nSPS) is 19.6. The van der Waals surface area contributed by atoms with Gasteiger partial charge in [0, 0.05) is 5.75 Å². The summed E-state index contributed by atoms with van der Waals surface area (Å²) in [7, 11) is 0. The molecule has 2 aromatic rings. The molecule has 1 saturated heterocycles. The van der Waals surface area contributed by atoms with Crippen LogP contribution in [0.1, 0.15) is 22.1 Å². The van der Waals surface area contributed by atoms with Crippen LogP contribution < -0.4 is 0 Å². The second-order valence-electron chi connectivity index (χ2n) is 5.90. The van der Waals surface area contributed by atoms with Gasteiger partial charge in [-0.2, -0.15) is 0 Å². The summed E-state index contributed by atoms with van der Waals surface area (Å²) < 4.78 is 5.38. The van der Waals surface area contributed by atoms with Crippen LogP contribution in [0.25, 0.3) is 0 Å². The van der Waals surface area contributed by atoms with E-state index in [1.807, 2.05) is 61.5 Å². The SMILES string of the molecule is Cc1ccc(C2SCC(C(=O)O)N2C(=O)OCc2ccccc2)cc1. The second kappa shape index (κ2) is 7.61. The summed E-state index contributed by atoms with van der Waals surface area (Å²) in [5, 5.41) is 9.11. The number of hydrogen-bond donors (Lipinski definition) is 1. The molecule has 0 saturated carbocycles. The monoisotopic (exact) mass is 357 g/mol. The minimum absolute atomic E-state index is 0.119. The fourth-order valence-electron chi connectivity index (χ4n) is 2.70. The van der Waals surface area contributed by atoms with Crippen LogP contribution >= 0.6 is 11.8 Å². The van der Waals surface area contributed by atoms with E-state index in [4.69, 9.17) is 4.74 Å². The number of nitrogens with zero attached hydrogens (tertiary/aromatic N) is 1. The molecule has 0 aliphatic carbocycles. The molecule has 1 N–H and O–H groups in total. The van der Waals surface area contributed by atoms with Gasteiger partial charge in [0.05, 0.1) is 0 Å². The molecule has 2 aromatic carbocycles. The van der Waals surface area contributed by atoms with Gasteiger partial charge < -0.3 is 9.84 Å². The maximum absolute atomic E-state index is 12.6. The molecule has 0 aromatic heterocycles. The average Bonchev–Trinajstić information content (AvgIpc) is 3.06. The van der Waals surface area contributed by atoms with Crippen molar-refractivity contribution < 1.29 is 19.4 Å².